The van der Waals surface area contributed by atoms with Crippen LogP contribution >= 0.6 is 0 Å². The van der Waals surface area contributed by atoms with Gasteiger partial charge in [0, 0.05) is 18.3 Å². The number of benzene rings is 2. The highest BCUT2D eigenvalue weighted by Crippen LogP contribution is 2.35. The van der Waals surface area contributed by atoms with Crippen LogP contribution in [0.4, 0.5) is 5.69 Å². The van der Waals surface area contributed by atoms with Gasteiger partial charge < -0.3 is 14.8 Å². The van der Waals surface area contributed by atoms with Gasteiger partial charge in [-0.15, -0.1) is 0 Å². The zero-order chi connectivity index (χ0) is 17.9. The molecule has 2 aromatic carbocycles. The fourth-order valence-corrected chi connectivity index (χ4v) is 3.63. The van der Waals surface area contributed by atoms with E-state index < -0.39 is 0 Å². The second-order valence-electron chi connectivity index (χ2n) is 7.01. The molecule has 0 radical (unpaired) electrons. The van der Waals surface area contributed by atoms with Gasteiger partial charge in [0.2, 0.25) is 6.79 Å². The van der Waals surface area contributed by atoms with E-state index in [0.717, 1.165) is 12.2 Å². The molecule has 136 valence electrons. The Bertz CT molecular complexity index is 788. The summed E-state index contributed by atoms with van der Waals surface area (Å²) in [5, 5.41) is 2.94. The number of amides is 1. The lowest BCUT2D eigenvalue weighted by molar-refractivity contribution is 0.102. The molecule has 1 saturated heterocycles. The molecular formula is C21H24N2O3. The summed E-state index contributed by atoms with van der Waals surface area (Å²) in [6.45, 7) is 4.59. The molecule has 5 nitrogen and oxygen atoms in total. The Morgan fingerprint density at radius 1 is 1.15 bits per heavy atom. The van der Waals surface area contributed by atoms with E-state index in [0.29, 0.717) is 23.1 Å². The first-order chi connectivity index (χ1) is 12.7. The molecule has 1 unspecified atom stereocenters. The van der Waals surface area contributed by atoms with Crippen LogP contribution in [0.3, 0.4) is 0 Å². The van der Waals surface area contributed by atoms with E-state index in [2.05, 4.69) is 29.3 Å². The van der Waals surface area contributed by atoms with Crippen LogP contribution in [0.1, 0.15) is 42.1 Å². The Hall–Kier alpha value is -2.53. The fraction of sp³-hybridized carbons (Fsp3) is 0.381. The lowest BCUT2D eigenvalue weighted by atomic mass is 10.0. The Balaban J connectivity index is 1.41. The molecule has 1 fully saturated rings. The van der Waals surface area contributed by atoms with Crippen molar-refractivity contribution in [2.75, 3.05) is 18.7 Å². The van der Waals surface area contributed by atoms with Crippen molar-refractivity contribution >= 4 is 11.6 Å². The van der Waals surface area contributed by atoms with E-state index >= 15 is 0 Å². The molecule has 2 aliphatic rings. The minimum Gasteiger partial charge on any atom is -0.454 e. The van der Waals surface area contributed by atoms with E-state index in [-0.39, 0.29) is 12.7 Å². The van der Waals surface area contributed by atoms with Crippen LogP contribution in [-0.4, -0.2) is 30.2 Å². The SMILES string of the molecule is CC1CCCCN1Cc1ccc(NC(=O)c2cccc3c2OCO3)cc1. The second-order valence-corrected chi connectivity index (χ2v) is 7.01. The van der Waals surface area contributed by atoms with Crippen molar-refractivity contribution in [3.05, 3.63) is 53.6 Å². The first-order valence-electron chi connectivity index (χ1n) is 9.23. The van der Waals surface area contributed by atoms with E-state index in [1.165, 1.54) is 31.4 Å². The number of hydrogen-bond donors (Lipinski definition) is 1. The predicted octanol–water partition coefficient (Wildman–Crippen LogP) is 4.04. The van der Waals surface area contributed by atoms with Crippen molar-refractivity contribution < 1.29 is 14.3 Å². The van der Waals surface area contributed by atoms with Crippen molar-refractivity contribution in [1.82, 2.24) is 4.90 Å². The molecule has 26 heavy (non-hydrogen) atoms. The molecule has 2 aromatic rings. The third-order valence-electron chi connectivity index (χ3n) is 5.18. The van der Waals surface area contributed by atoms with Gasteiger partial charge in [-0.2, -0.15) is 0 Å². The number of piperidine rings is 1. The van der Waals surface area contributed by atoms with Crippen molar-refractivity contribution in [2.45, 2.75) is 38.8 Å². The molecule has 2 aliphatic heterocycles. The zero-order valence-electron chi connectivity index (χ0n) is 15.0. The van der Waals surface area contributed by atoms with Crippen LogP contribution < -0.4 is 14.8 Å². The average molecular weight is 352 g/mol. The summed E-state index contributed by atoms with van der Waals surface area (Å²) >= 11 is 0. The van der Waals surface area contributed by atoms with Gasteiger partial charge in [-0.3, -0.25) is 9.69 Å². The van der Waals surface area contributed by atoms with Crippen LogP contribution in [0.15, 0.2) is 42.5 Å². The average Bonchev–Trinajstić information content (AvgIpc) is 3.14. The van der Waals surface area contributed by atoms with E-state index in [4.69, 9.17) is 9.47 Å². The monoisotopic (exact) mass is 352 g/mol. The highest BCUT2D eigenvalue weighted by atomic mass is 16.7. The minimum absolute atomic E-state index is 0.156. The predicted molar refractivity (Wildman–Crippen MR) is 101 cm³/mol. The summed E-state index contributed by atoms with van der Waals surface area (Å²) in [5.41, 5.74) is 2.54. The first kappa shape index (κ1) is 16.9. The summed E-state index contributed by atoms with van der Waals surface area (Å²) in [5.74, 6) is 0.939. The van der Waals surface area contributed by atoms with Gasteiger partial charge in [0.05, 0.1) is 5.56 Å². The van der Waals surface area contributed by atoms with Crippen LogP contribution in [0.2, 0.25) is 0 Å². The van der Waals surface area contributed by atoms with Gasteiger partial charge >= 0.3 is 0 Å². The van der Waals surface area contributed by atoms with Gasteiger partial charge in [0.25, 0.3) is 5.91 Å². The van der Waals surface area contributed by atoms with E-state index in [9.17, 15) is 4.79 Å². The van der Waals surface area contributed by atoms with Gasteiger partial charge in [-0.25, -0.2) is 0 Å². The van der Waals surface area contributed by atoms with Gasteiger partial charge in [0.1, 0.15) is 0 Å². The lowest BCUT2D eigenvalue weighted by Crippen LogP contribution is -2.36. The number of rotatable bonds is 4. The Kier molecular flexibility index (Phi) is 4.80. The topological polar surface area (TPSA) is 50.8 Å². The molecule has 5 heteroatoms. The Morgan fingerprint density at radius 3 is 2.81 bits per heavy atom. The molecule has 2 heterocycles. The number of anilines is 1. The van der Waals surface area contributed by atoms with Crippen LogP contribution in [-0.2, 0) is 6.54 Å². The first-order valence-corrected chi connectivity index (χ1v) is 9.23. The highest BCUT2D eigenvalue weighted by molar-refractivity contribution is 6.06. The lowest BCUT2D eigenvalue weighted by Gasteiger charge is -2.33. The molecule has 1 N–H and O–H groups in total. The molecule has 4 rings (SSSR count). The summed E-state index contributed by atoms with van der Waals surface area (Å²) in [4.78, 5) is 15.1. The maximum absolute atomic E-state index is 12.6. The minimum atomic E-state index is -0.190. The summed E-state index contributed by atoms with van der Waals surface area (Å²) < 4.78 is 10.7. The second kappa shape index (κ2) is 7.38. The smallest absolute Gasteiger partial charge is 0.259 e. The number of nitrogens with zero attached hydrogens (tertiary/aromatic N) is 1. The van der Waals surface area contributed by atoms with Gasteiger partial charge in [-0.1, -0.05) is 24.6 Å². The third kappa shape index (κ3) is 3.53. The van der Waals surface area contributed by atoms with Gasteiger partial charge in [0.15, 0.2) is 11.5 Å². The number of fused-ring (bicyclic) bond motifs is 1. The van der Waals surface area contributed by atoms with Gasteiger partial charge in [-0.05, 0) is 56.1 Å². The molecule has 0 aliphatic carbocycles. The quantitative estimate of drug-likeness (QED) is 0.902. The maximum atomic E-state index is 12.6. The Morgan fingerprint density at radius 2 is 2.00 bits per heavy atom. The summed E-state index contributed by atoms with van der Waals surface area (Å²) in [7, 11) is 0. The maximum Gasteiger partial charge on any atom is 0.259 e. The molecule has 1 amide bonds. The third-order valence-corrected chi connectivity index (χ3v) is 5.18. The normalized spacial score (nSPS) is 19.3. The fourth-order valence-electron chi connectivity index (χ4n) is 3.63. The van der Waals surface area contributed by atoms with E-state index in [1.54, 1.807) is 18.2 Å². The molecule has 0 aromatic heterocycles. The summed E-state index contributed by atoms with van der Waals surface area (Å²) in [6, 6.07) is 14.1. The van der Waals surface area contributed by atoms with E-state index in [1.807, 2.05) is 12.1 Å². The number of para-hydroxylation sites is 1. The number of hydrogen-bond acceptors (Lipinski definition) is 4. The standard InChI is InChI=1S/C21H24N2O3/c1-15-5-2-3-12-23(15)13-16-8-10-17(11-9-16)22-21(24)18-6-4-7-19-20(18)26-14-25-19/h4,6-11,15H,2-3,5,12-14H2,1H3,(H,22,24). The number of ether oxygens (including phenoxy) is 2. The van der Waals surface area contributed by atoms with Crippen molar-refractivity contribution in [1.29, 1.82) is 0 Å². The number of nitrogens with one attached hydrogen (secondary N) is 1. The van der Waals surface area contributed by atoms with Crippen molar-refractivity contribution in [2.24, 2.45) is 0 Å². The molecule has 0 spiro atoms. The van der Waals surface area contributed by atoms with Crippen LogP contribution in [0, 0.1) is 0 Å². The highest BCUT2D eigenvalue weighted by Gasteiger charge is 2.22. The van der Waals surface area contributed by atoms with Crippen LogP contribution in [0.5, 0.6) is 11.5 Å². The molecule has 1 atom stereocenters. The van der Waals surface area contributed by atoms with Crippen LogP contribution in [0.25, 0.3) is 0 Å². The number of likely N-dealkylation sites (tertiary alicyclic amines) is 1. The molecular weight excluding hydrogens is 328 g/mol. The molecule has 0 bridgehead atoms. The largest absolute Gasteiger partial charge is 0.454 e. The number of carbonyl (C=O) groups is 1. The summed E-state index contributed by atoms with van der Waals surface area (Å²) in [6.07, 6.45) is 3.90. The van der Waals surface area contributed by atoms with Crippen molar-refractivity contribution in [3.63, 3.8) is 0 Å². The zero-order valence-corrected chi connectivity index (χ0v) is 15.0. The number of carbonyl (C=O) groups excluding carboxylic acids is 1. The Labute approximate surface area is 153 Å². The molecule has 0 saturated carbocycles. The van der Waals surface area contributed by atoms with Crippen molar-refractivity contribution in [3.8, 4) is 11.5 Å².